The first-order chi connectivity index (χ1) is 11.7. The van der Waals surface area contributed by atoms with Gasteiger partial charge in [-0.1, -0.05) is 12.1 Å². The van der Waals surface area contributed by atoms with E-state index >= 15 is 0 Å². The van der Waals surface area contributed by atoms with Gasteiger partial charge in [0.2, 0.25) is 0 Å². The van der Waals surface area contributed by atoms with Crippen LogP contribution in [0.5, 0.6) is 0 Å². The predicted molar refractivity (Wildman–Crippen MR) is 95.0 cm³/mol. The van der Waals surface area contributed by atoms with Gasteiger partial charge in [0.15, 0.2) is 0 Å². The quantitative estimate of drug-likeness (QED) is 0.766. The maximum atomic E-state index is 13.1. The molecule has 1 atom stereocenters. The number of benzene rings is 1. The molecule has 0 aliphatic carbocycles. The minimum absolute atomic E-state index is 0.00680. The summed E-state index contributed by atoms with van der Waals surface area (Å²) in [5.41, 5.74) is 2.47. The van der Waals surface area contributed by atoms with Gasteiger partial charge in [-0.05, 0) is 49.6 Å². The van der Waals surface area contributed by atoms with Crippen LogP contribution in [0.25, 0.3) is 0 Å². The molecule has 0 saturated carbocycles. The van der Waals surface area contributed by atoms with E-state index in [9.17, 15) is 13.2 Å². The highest BCUT2D eigenvalue weighted by Gasteiger charge is 2.47. The standard InChI is InChI=1S/C18H20N2O4S/c1-13-6-4-8-15-16(13)18(2,9-11-24-25(3,22)23)20(17(15)21)14-7-5-10-19-12-14/h4-8,10,12H,9,11H2,1-3H3. The van der Waals surface area contributed by atoms with Crippen molar-refractivity contribution in [2.75, 3.05) is 17.8 Å². The van der Waals surface area contributed by atoms with E-state index in [2.05, 4.69) is 4.98 Å². The summed E-state index contributed by atoms with van der Waals surface area (Å²) >= 11 is 0. The Morgan fingerprint density at radius 2 is 2.00 bits per heavy atom. The van der Waals surface area contributed by atoms with E-state index in [0.29, 0.717) is 17.7 Å². The predicted octanol–water partition coefficient (Wildman–Crippen LogP) is 2.63. The van der Waals surface area contributed by atoms with Crippen LogP contribution in [0.1, 0.15) is 34.8 Å². The first kappa shape index (κ1) is 17.6. The normalized spacial score (nSPS) is 20.0. The van der Waals surface area contributed by atoms with Gasteiger partial charge >= 0.3 is 0 Å². The molecule has 2 aromatic rings. The fraction of sp³-hybridized carbons (Fsp3) is 0.333. The number of amides is 1. The van der Waals surface area contributed by atoms with Gasteiger partial charge in [-0.3, -0.25) is 18.9 Å². The Morgan fingerprint density at radius 3 is 2.64 bits per heavy atom. The Bertz CT molecular complexity index is 912. The van der Waals surface area contributed by atoms with E-state index in [0.717, 1.165) is 17.4 Å². The molecule has 0 N–H and O–H groups in total. The SMILES string of the molecule is Cc1cccc2c1C(C)(CCOS(C)(=O)=O)N(c1cccnc1)C2=O. The zero-order valence-corrected chi connectivity index (χ0v) is 15.2. The van der Waals surface area contributed by atoms with Crippen LogP contribution in [-0.4, -0.2) is 32.2 Å². The highest BCUT2D eigenvalue weighted by atomic mass is 32.2. The van der Waals surface area contributed by atoms with Crippen LogP contribution in [0.2, 0.25) is 0 Å². The number of carbonyl (C=O) groups is 1. The third-order valence-electron chi connectivity index (χ3n) is 4.53. The molecule has 0 radical (unpaired) electrons. The fourth-order valence-corrected chi connectivity index (χ4v) is 3.92. The maximum absolute atomic E-state index is 13.1. The first-order valence-electron chi connectivity index (χ1n) is 7.93. The molecule has 1 amide bonds. The molecule has 1 aliphatic rings. The summed E-state index contributed by atoms with van der Waals surface area (Å²) in [6.45, 7) is 3.88. The topological polar surface area (TPSA) is 76.6 Å². The molecular formula is C18H20N2O4S. The molecule has 25 heavy (non-hydrogen) atoms. The fourth-order valence-electron chi connectivity index (χ4n) is 3.53. The number of carbonyl (C=O) groups excluding carboxylic acids is 1. The Morgan fingerprint density at radius 1 is 1.24 bits per heavy atom. The average Bonchev–Trinajstić information content (AvgIpc) is 2.76. The van der Waals surface area contributed by atoms with Crippen LogP contribution in [-0.2, 0) is 19.8 Å². The number of hydrogen-bond acceptors (Lipinski definition) is 5. The smallest absolute Gasteiger partial charge is 0.264 e. The number of anilines is 1. The van der Waals surface area contributed by atoms with Crippen molar-refractivity contribution in [3.8, 4) is 0 Å². The molecule has 3 rings (SSSR count). The Hall–Kier alpha value is -2.25. The van der Waals surface area contributed by atoms with Gasteiger partial charge in [-0.15, -0.1) is 0 Å². The van der Waals surface area contributed by atoms with Crippen molar-refractivity contribution < 1.29 is 17.4 Å². The summed E-state index contributed by atoms with van der Waals surface area (Å²) < 4.78 is 27.6. The van der Waals surface area contributed by atoms with Gasteiger partial charge < -0.3 is 0 Å². The number of fused-ring (bicyclic) bond motifs is 1. The number of nitrogens with zero attached hydrogens (tertiary/aromatic N) is 2. The van der Waals surface area contributed by atoms with E-state index in [1.165, 1.54) is 0 Å². The van der Waals surface area contributed by atoms with Crippen LogP contribution in [0.15, 0.2) is 42.7 Å². The molecule has 0 saturated heterocycles. The summed E-state index contributed by atoms with van der Waals surface area (Å²) in [6.07, 6.45) is 4.65. The monoisotopic (exact) mass is 360 g/mol. The summed E-state index contributed by atoms with van der Waals surface area (Å²) in [7, 11) is -3.54. The summed E-state index contributed by atoms with van der Waals surface area (Å²) in [4.78, 5) is 18.9. The van der Waals surface area contributed by atoms with Gasteiger partial charge in [-0.25, -0.2) is 0 Å². The third-order valence-corrected chi connectivity index (χ3v) is 5.12. The first-order valence-corrected chi connectivity index (χ1v) is 9.75. The highest BCUT2D eigenvalue weighted by Crippen LogP contribution is 2.45. The zero-order chi connectivity index (χ0) is 18.2. The molecule has 132 valence electrons. The van der Waals surface area contributed by atoms with Crippen LogP contribution in [0.3, 0.4) is 0 Å². The molecule has 2 heterocycles. The summed E-state index contributed by atoms with van der Waals surface area (Å²) in [5.74, 6) is -0.117. The van der Waals surface area contributed by atoms with Crippen molar-refractivity contribution in [2.24, 2.45) is 0 Å². The van der Waals surface area contributed by atoms with Crippen LogP contribution in [0, 0.1) is 6.92 Å². The molecule has 1 aliphatic heterocycles. The van der Waals surface area contributed by atoms with E-state index in [1.54, 1.807) is 29.4 Å². The lowest BCUT2D eigenvalue weighted by atomic mass is 9.85. The molecule has 1 aromatic carbocycles. The van der Waals surface area contributed by atoms with Crippen molar-refractivity contribution in [1.29, 1.82) is 0 Å². The van der Waals surface area contributed by atoms with Crippen molar-refractivity contribution in [3.63, 3.8) is 0 Å². The average molecular weight is 360 g/mol. The van der Waals surface area contributed by atoms with Crippen LogP contribution < -0.4 is 4.90 Å². The number of rotatable bonds is 5. The van der Waals surface area contributed by atoms with E-state index in [4.69, 9.17) is 4.18 Å². The van der Waals surface area contributed by atoms with Crippen LogP contribution in [0.4, 0.5) is 5.69 Å². The second-order valence-electron chi connectivity index (χ2n) is 6.40. The molecule has 1 aromatic heterocycles. The van der Waals surface area contributed by atoms with Gasteiger partial charge in [0, 0.05) is 11.8 Å². The third kappa shape index (κ3) is 3.17. The Labute approximate surface area is 147 Å². The van der Waals surface area contributed by atoms with Crippen molar-refractivity contribution in [2.45, 2.75) is 25.8 Å². The number of pyridine rings is 1. The largest absolute Gasteiger partial charge is 0.297 e. The van der Waals surface area contributed by atoms with E-state index < -0.39 is 15.7 Å². The number of aryl methyl sites for hydroxylation is 1. The molecule has 0 fully saturated rings. The highest BCUT2D eigenvalue weighted by molar-refractivity contribution is 7.85. The van der Waals surface area contributed by atoms with Gasteiger partial charge in [0.1, 0.15) is 0 Å². The molecule has 6 nitrogen and oxygen atoms in total. The molecule has 0 spiro atoms. The van der Waals surface area contributed by atoms with Gasteiger partial charge in [0.05, 0.1) is 30.3 Å². The maximum Gasteiger partial charge on any atom is 0.264 e. The summed E-state index contributed by atoms with van der Waals surface area (Å²) in [6, 6.07) is 9.20. The van der Waals surface area contributed by atoms with E-state index in [1.807, 2.05) is 32.0 Å². The second-order valence-corrected chi connectivity index (χ2v) is 8.04. The number of hydrogen-bond donors (Lipinski definition) is 0. The lowest BCUT2D eigenvalue weighted by molar-refractivity contribution is 0.0974. The lowest BCUT2D eigenvalue weighted by Gasteiger charge is -2.36. The number of aromatic nitrogens is 1. The van der Waals surface area contributed by atoms with Gasteiger partial charge in [-0.2, -0.15) is 8.42 Å². The minimum atomic E-state index is -3.54. The van der Waals surface area contributed by atoms with E-state index in [-0.39, 0.29) is 12.5 Å². The zero-order valence-electron chi connectivity index (χ0n) is 14.4. The van der Waals surface area contributed by atoms with Crippen molar-refractivity contribution >= 4 is 21.7 Å². The summed E-state index contributed by atoms with van der Waals surface area (Å²) in [5, 5.41) is 0. The lowest BCUT2D eigenvalue weighted by Crippen LogP contribution is -2.43. The van der Waals surface area contributed by atoms with Crippen molar-refractivity contribution in [3.05, 3.63) is 59.4 Å². The molecular weight excluding hydrogens is 340 g/mol. The molecule has 1 unspecified atom stereocenters. The Balaban J connectivity index is 2.08. The van der Waals surface area contributed by atoms with Crippen molar-refractivity contribution in [1.82, 2.24) is 4.98 Å². The van der Waals surface area contributed by atoms with Gasteiger partial charge in [0.25, 0.3) is 16.0 Å². The molecule has 0 bridgehead atoms. The molecule has 7 heteroatoms. The second kappa shape index (κ2) is 6.24. The minimum Gasteiger partial charge on any atom is -0.297 e. The van der Waals surface area contributed by atoms with Crippen LogP contribution >= 0.6 is 0 Å². The Kier molecular flexibility index (Phi) is 4.38.